The van der Waals surface area contributed by atoms with Crippen molar-refractivity contribution in [2.75, 3.05) is 0 Å². The molecule has 1 aromatic heterocycles. The second-order valence-electron chi connectivity index (χ2n) is 6.30. The molecule has 0 saturated heterocycles. The van der Waals surface area contributed by atoms with Crippen LogP contribution < -0.4 is 5.32 Å². The van der Waals surface area contributed by atoms with Crippen molar-refractivity contribution in [1.82, 2.24) is 15.1 Å². The third-order valence-electron chi connectivity index (χ3n) is 4.97. The molecule has 21 heavy (non-hydrogen) atoms. The van der Waals surface area contributed by atoms with E-state index in [9.17, 15) is 14.7 Å². The molecule has 0 aromatic carbocycles. The molecule has 0 radical (unpaired) electrons. The summed E-state index contributed by atoms with van der Waals surface area (Å²) in [6, 6.07) is -0.0270. The number of nitrogens with zero attached hydrogens (tertiary/aromatic N) is 2. The molecule has 0 aliphatic heterocycles. The Hall–Kier alpha value is -1.85. The van der Waals surface area contributed by atoms with E-state index in [0.717, 1.165) is 31.2 Å². The Morgan fingerprint density at radius 1 is 1.48 bits per heavy atom. The number of carboxylic acid groups (broad SMARTS) is 1. The summed E-state index contributed by atoms with van der Waals surface area (Å²) in [6.07, 6.45) is 6.92. The van der Waals surface area contributed by atoms with Crippen molar-refractivity contribution in [2.45, 2.75) is 51.0 Å². The average molecular weight is 291 g/mol. The van der Waals surface area contributed by atoms with Crippen LogP contribution in [0.15, 0.2) is 6.20 Å². The standard InChI is InChI=1S/C15H21N3O3/c1-18-12-5-2-4-11(10(12)9-16-18)17-13(19)8-15(14(20)21)6-3-7-15/h9,11H,2-8H2,1H3,(H,17,19)(H,20,21). The zero-order valence-corrected chi connectivity index (χ0v) is 12.3. The first kappa shape index (κ1) is 14.1. The monoisotopic (exact) mass is 291 g/mol. The first-order valence-corrected chi connectivity index (χ1v) is 7.55. The van der Waals surface area contributed by atoms with E-state index < -0.39 is 11.4 Å². The number of hydrogen-bond acceptors (Lipinski definition) is 3. The number of rotatable bonds is 4. The summed E-state index contributed by atoms with van der Waals surface area (Å²) in [5.41, 5.74) is 1.43. The number of aliphatic carboxylic acids is 1. The number of hydrogen-bond donors (Lipinski definition) is 2. The van der Waals surface area contributed by atoms with Gasteiger partial charge in [-0.3, -0.25) is 14.3 Å². The Bertz CT molecular complexity index is 575. The average Bonchev–Trinajstić information content (AvgIpc) is 2.77. The first-order chi connectivity index (χ1) is 10.0. The van der Waals surface area contributed by atoms with E-state index in [1.807, 2.05) is 17.9 Å². The highest BCUT2D eigenvalue weighted by Gasteiger charge is 2.46. The highest BCUT2D eigenvalue weighted by molar-refractivity contribution is 5.85. The van der Waals surface area contributed by atoms with E-state index >= 15 is 0 Å². The molecule has 2 aliphatic carbocycles. The lowest BCUT2D eigenvalue weighted by atomic mass is 9.66. The number of fused-ring (bicyclic) bond motifs is 1. The van der Waals surface area contributed by atoms with Crippen LogP contribution in [0.5, 0.6) is 0 Å². The SMILES string of the molecule is Cn1ncc2c1CCCC2NC(=O)CC1(C(=O)O)CCC1. The summed E-state index contributed by atoms with van der Waals surface area (Å²) in [5, 5.41) is 16.6. The quantitative estimate of drug-likeness (QED) is 0.881. The molecule has 1 amide bonds. The summed E-state index contributed by atoms with van der Waals surface area (Å²) >= 11 is 0. The number of amides is 1. The Labute approximate surface area is 123 Å². The van der Waals surface area contributed by atoms with E-state index in [4.69, 9.17) is 0 Å². The van der Waals surface area contributed by atoms with Crippen molar-refractivity contribution < 1.29 is 14.7 Å². The summed E-state index contributed by atoms with van der Waals surface area (Å²) in [7, 11) is 1.91. The van der Waals surface area contributed by atoms with Gasteiger partial charge >= 0.3 is 5.97 Å². The second-order valence-corrected chi connectivity index (χ2v) is 6.30. The molecule has 1 atom stereocenters. The van der Waals surface area contributed by atoms with Crippen molar-refractivity contribution in [3.63, 3.8) is 0 Å². The minimum absolute atomic E-state index is 0.0270. The molecular formula is C15H21N3O3. The number of aromatic nitrogens is 2. The number of carbonyl (C=O) groups is 2. The van der Waals surface area contributed by atoms with Crippen LogP contribution in [0.2, 0.25) is 0 Å². The van der Waals surface area contributed by atoms with Gasteiger partial charge in [0.05, 0.1) is 17.7 Å². The fourth-order valence-corrected chi connectivity index (χ4v) is 3.48. The second kappa shape index (κ2) is 5.16. The molecule has 1 fully saturated rings. The van der Waals surface area contributed by atoms with Gasteiger partial charge in [0.2, 0.25) is 5.91 Å². The van der Waals surface area contributed by atoms with E-state index in [1.54, 1.807) is 0 Å². The van der Waals surface area contributed by atoms with Gasteiger partial charge in [-0.15, -0.1) is 0 Å². The lowest BCUT2D eigenvalue weighted by Gasteiger charge is -2.37. The van der Waals surface area contributed by atoms with Gasteiger partial charge in [0.15, 0.2) is 0 Å². The molecule has 3 rings (SSSR count). The van der Waals surface area contributed by atoms with Crippen LogP contribution in [0.25, 0.3) is 0 Å². The van der Waals surface area contributed by atoms with Crippen molar-refractivity contribution in [2.24, 2.45) is 12.5 Å². The Kier molecular flexibility index (Phi) is 3.47. The van der Waals surface area contributed by atoms with Crippen LogP contribution in [0.3, 0.4) is 0 Å². The number of carbonyl (C=O) groups excluding carboxylic acids is 1. The molecule has 2 N–H and O–H groups in total. The van der Waals surface area contributed by atoms with Crippen molar-refractivity contribution in [1.29, 1.82) is 0 Å². The highest BCUT2D eigenvalue weighted by Crippen LogP contribution is 2.44. The van der Waals surface area contributed by atoms with Crippen LogP contribution in [0.4, 0.5) is 0 Å². The van der Waals surface area contributed by atoms with E-state index in [0.29, 0.717) is 12.8 Å². The van der Waals surface area contributed by atoms with Crippen LogP contribution >= 0.6 is 0 Å². The molecule has 1 saturated carbocycles. The minimum Gasteiger partial charge on any atom is -0.481 e. The van der Waals surface area contributed by atoms with Crippen molar-refractivity contribution in [3.8, 4) is 0 Å². The zero-order chi connectivity index (χ0) is 15.0. The van der Waals surface area contributed by atoms with Crippen molar-refractivity contribution in [3.05, 3.63) is 17.5 Å². The van der Waals surface area contributed by atoms with Gasteiger partial charge < -0.3 is 10.4 Å². The van der Waals surface area contributed by atoms with Gasteiger partial charge in [-0.1, -0.05) is 6.42 Å². The van der Waals surface area contributed by atoms with Crippen LogP contribution in [-0.2, 0) is 23.1 Å². The first-order valence-electron chi connectivity index (χ1n) is 7.55. The third kappa shape index (κ3) is 2.43. The van der Waals surface area contributed by atoms with Gasteiger partial charge in [0, 0.05) is 24.7 Å². The van der Waals surface area contributed by atoms with Crippen LogP contribution in [-0.4, -0.2) is 26.8 Å². The van der Waals surface area contributed by atoms with E-state index in [-0.39, 0.29) is 18.4 Å². The fraction of sp³-hybridized carbons (Fsp3) is 0.667. The smallest absolute Gasteiger partial charge is 0.310 e. The lowest BCUT2D eigenvalue weighted by Crippen LogP contribution is -2.43. The Morgan fingerprint density at radius 3 is 2.86 bits per heavy atom. The summed E-state index contributed by atoms with van der Waals surface area (Å²) in [4.78, 5) is 23.6. The maximum Gasteiger partial charge on any atom is 0.310 e. The van der Waals surface area contributed by atoms with E-state index in [1.165, 1.54) is 5.69 Å². The molecule has 2 aliphatic rings. The number of nitrogens with one attached hydrogen (secondary N) is 1. The Balaban J connectivity index is 1.67. The molecule has 6 nitrogen and oxygen atoms in total. The normalized spacial score (nSPS) is 23.0. The summed E-state index contributed by atoms with van der Waals surface area (Å²) in [6.45, 7) is 0. The molecule has 1 heterocycles. The van der Waals surface area contributed by atoms with E-state index in [2.05, 4.69) is 10.4 Å². The lowest BCUT2D eigenvalue weighted by molar-refractivity contribution is -0.157. The molecule has 6 heteroatoms. The summed E-state index contributed by atoms with van der Waals surface area (Å²) < 4.78 is 1.86. The molecule has 0 bridgehead atoms. The largest absolute Gasteiger partial charge is 0.481 e. The zero-order valence-electron chi connectivity index (χ0n) is 12.3. The third-order valence-corrected chi connectivity index (χ3v) is 4.97. The maximum atomic E-state index is 12.2. The van der Waals surface area contributed by atoms with Crippen molar-refractivity contribution >= 4 is 11.9 Å². The molecule has 1 aromatic rings. The molecule has 0 spiro atoms. The maximum absolute atomic E-state index is 12.2. The predicted molar refractivity (Wildman–Crippen MR) is 75.6 cm³/mol. The Morgan fingerprint density at radius 2 is 2.24 bits per heavy atom. The molecular weight excluding hydrogens is 270 g/mol. The fourth-order valence-electron chi connectivity index (χ4n) is 3.48. The highest BCUT2D eigenvalue weighted by atomic mass is 16.4. The number of carboxylic acids is 1. The van der Waals surface area contributed by atoms with Gasteiger partial charge in [-0.25, -0.2) is 0 Å². The van der Waals surface area contributed by atoms with Crippen LogP contribution in [0.1, 0.15) is 55.8 Å². The van der Waals surface area contributed by atoms with Gasteiger partial charge in [-0.05, 0) is 32.1 Å². The number of aryl methyl sites for hydroxylation is 1. The summed E-state index contributed by atoms with van der Waals surface area (Å²) in [5.74, 6) is -0.992. The minimum atomic E-state index is -0.838. The molecule has 114 valence electrons. The van der Waals surface area contributed by atoms with Gasteiger partial charge in [-0.2, -0.15) is 5.10 Å². The van der Waals surface area contributed by atoms with Crippen LogP contribution in [0, 0.1) is 5.41 Å². The predicted octanol–water partition coefficient (Wildman–Crippen LogP) is 1.56. The molecule has 1 unspecified atom stereocenters. The van der Waals surface area contributed by atoms with Gasteiger partial charge in [0.25, 0.3) is 0 Å². The topological polar surface area (TPSA) is 84.2 Å². The van der Waals surface area contributed by atoms with Gasteiger partial charge in [0.1, 0.15) is 0 Å².